The molecule has 4 rings (SSSR count). The molecule has 0 atom stereocenters. The van der Waals surface area contributed by atoms with Crippen molar-refractivity contribution >= 4 is 23.3 Å². The Balaban J connectivity index is 1.87. The third kappa shape index (κ3) is 2.63. The smallest absolute Gasteiger partial charge is 0.339 e. The molecule has 2 heterocycles. The zero-order chi connectivity index (χ0) is 17.4. The van der Waals surface area contributed by atoms with Crippen LogP contribution in [0.15, 0.2) is 53.5 Å². The van der Waals surface area contributed by atoms with E-state index in [1.165, 1.54) is 17.7 Å². The number of fused-ring (bicyclic) bond motifs is 2. The summed E-state index contributed by atoms with van der Waals surface area (Å²) in [6, 6.07) is 13.3. The fourth-order valence-electron chi connectivity index (χ4n) is 3.17. The minimum Gasteiger partial charge on any atom is -0.465 e. The summed E-state index contributed by atoms with van der Waals surface area (Å²) in [4.78, 5) is 29.2. The number of nitrogens with zero attached hydrogens (tertiary/aromatic N) is 2. The molecule has 0 amide bonds. The third-order valence-electron chi connectivity index (χ3n) is 4.43. The summed E-state index contributed by atoms with van der Waals surface area (Å²) < 4.78 is 6.14. The van der Waals surface area contributed by atoms with Crippen LogP contribution in [0.3, 0.4) is 0 Å². The van der Waals surface area contributed by atoms with Gasteiger partial charge in [0.05, 0.1) is 18.4 Å². The number of esters is 1. The molecule has 124 valence electrons. The Hall–Kier alpha value is -3.21. The van der Waals surface area contributed by atoms with E-state index in [2.05, 4.69) is 11.1 Å². The first-order valence-corrected chi connectivity index (χ1v) is 8.07. The lowest BCUT2D eigenvalue weighted by molar-refractivity contribution is 0.0600. The Morgan fingerprint density at radius 3 is 2.72 bits per heavy atom. The van der Waals surface area contributed by atoms with Gasteiger partial charge in [0, 0.05) is 11.8 Å². The maximum Gasteiger partial charge on any atom is 0.339 e. The van der Waals surface area contributed by atoms with Crippen molar-refractivity contribution in [3.63, 3.8) is 0 Å². The van der Waals surface area contributed by atoms with E-state index >= 15 is 0 Å². The fourth-order valence-corrected chi connectivity index (χ4v) is 3.17. The van der Waals surface area contributed by atoms with Crippen LogP contribution in [-0.4, -0.2) is 22.5 Å². The number of benzene rings is 1. The monoisotopic (exact) mass is 332 g/mol. The largest absolute Gasteiger partial charge is 0.465 e. The number of carbonyl (C=O) groups excluding carboxylic acids is 1. The van der Waals surface area contributed by atoms with Gasteiger partial charge in [-0.1, -0.05) is 30.3 Å². The molecule has 1 aliphatic carbocycles. The lowest BCUT2D eigenvalue weighted by Gasteiger charge is -2.07. The van der Waals surface area contributed by atoms with Gasteiger partial charge >= 0.3 is 5.97 Å². The van der Waals surface area contributed by atoms with Crippen molar-refractivity contribution in [2.24, 2.45) is 0 Å². The Bertz CT molecular complexity index is 1070. The number of ether oxygens (including phenoxy) is 1. The highest BCUT2D eigenvalue weighted by Crippen LogP contribution is 2.30. The topological polar surface area (TPSA) is 60.7 Å². The van der Waals surface area contributed by atoms with E-state index in [1.807, 2.05) is 30.3 Å². The van der Waals surface area contributed by atoms with E-state index in [1.54, 1.807) is 12.1 Å². The maximum atomic E-state index is 12.8. The van der Waals surface area contributed by atoms with Gasteiger partial charge in [-0.3, -0.25) is 9.20 Å². The average molecular weight is 332 g/mol. The van der Waals surface area contributed by atoms with Crippen LogP contribution in [0.4, 0.5) is 0 Å². The minimum atomic E-state index is -0.473. The van der Waals surface area contributed by atoms with Gasteiger partial charge in [0.1, 0.15) is 5.65 Å². The molecule has 5 nitrogen and oxygen atoms in total. The zero-order valence-corrected chi connectivity index (χ0v) is 13.7. The van der Waals surface area contributed by atoms with Crippen molar-refractivity contribution in [1.29, 1.82) is 0 Å². The molecule has 0 saturated carbocycles. The van der Waals surface area contributed by atoms with Crippen LogP contribution in [0, 0.1) is 0 Å². The van der Waals surface area contributed by atoms with Gasteiger partial charge in [-0.15, -0.1) is 0 Å². The summed E-state index contributed by atoms with van der Waals surface area (Å²) in [6.07, 6.45) is 5.02. The van der Waals surface area contributed by atoms with Crippen molar-refractivity contribution in [3.8, 4) is 0 Å². The number of hydrogen-bond acceptors (Lipinski definition) is 4. The molecule has 25 heavy (non-hydrogen) atoms. The Labute approximate surface area is 144 Å². The lowest BCUT2D eigenvalue weighted by Crippen LogP contribution is -2.20. The van der Waals surface area contributed by atoms with Gasteiger partial charge in [-0.05, 0) is 42.2 Å². The molecule has 0 aliphatic heterocycles. The molecular weight excluding hydrogens is 316 g/mol. The zero-order valence-electron chi connectivity index (χ0n) is 13.7. The van der Waals surface area contributed by atoms with Gasteiger partial charge in [0.25, 0.3) is 5.56 Å². The molecular formula is C20H16N2O3. The summed E-state index contributed by atoms with van der Waals surface area (Å²) in [5.74, 6) is -0.473. The molecule has 5 heteroatoms. The highest BCUT2D eigenvalue weighted by atomic mass is 16.5. The second-order valence-electron chi connectivity index (χ2n) is 5.96. The van der Waals surface area contributed by atoms with E-state index in [4.69, 9.17) is 4.74 Å². The molecule has 0 bridgehead atoms. The molecule has 2 aromatic heterocycles. The number of rotatable bonds is 2. The van der Waals surface area contributed by atoms with Crippen LogP contribution in [0.2, 0.25) is 0 Å². The van der Waals surface area contributed by atoms with Gasteiger partial charge in [0.2, 0.25) is 0 Å². The number of hydrogen-bond donors (Lipinski definition) is 0. The molecule has 0 N–H and O–H groups in total. The Morgan fingerprint density at radius 2 is 1.96 bits per heavy atom. The number of pyridine rings is 1. The molecule has 1 aromatic carbocycles. The van der Waals surface area contributed by atoms with E-state index in [0.717, 1.165) is 23.3 Å². The SMILES string of the molecule is COC(=O)c1ccc2nc3c(c(=O)n2c1)CC/C3=C/c1ccccc1. The van der Waals surface area contributed by atoms with Crippen LogP contribution >= 0.6 is 0 Å². The predicted molar refractivity (Wildman–Crippen MR) is 95.4 cm³/mol. The number of carbonyl (C=O) groups is 1. The van der Waals surface area contributed by atoms with Crippen molar-refractivity contribution in [2.45, 2.75) is 12.8 Å². The van der Waals surface area contributed by atoms with Crippen LogP contribution in [0.25, 0.3) is 17.3 Å². The molecule has 0 saturated heterocycles. The summed E-state index contributed by atoms with van der Waals surface area (Å²) in [6.45, 7) is 0. The minimum absolute atomic E-state index is 0.123. The van der Waals surface area contributed by atoms with Gasteiger partial charge in [0.15, 0.2) is 0 Å². The van der Waals surface area contributed by atoms with Crippen molar-refractivity contribution < 1.29 is 9.53 Å². The Kier molecular flexibility index (Phi) is 3.69. The predicted octanol–water partition coefficient (Wildman–Crippen LogP) is 2.97. The standard InChI is InChI=1S/C20H16N2O3/c1-25-20(24)15-8-10-17-21-18-14(11-13-5-3-2-4-6-13)7-9-16(18)19(23)22(17)12-15/h2-6,8,10-12H,7,9H2,1H3/b14-11-. The summed E-state index contributed by atoms with van der Waals surface area (Å²) in [7, 11) is 1.32. The number of aromatic nitrogens is 2. The summed E-state index contributed by atoms with van der Waals surface area (Å²) in [5.41, 5.74) is 4.35. The van der Waals surface area contributed by atoms with Crippen molar-refractivity contribution in [3.05, 3.63) is 81.4 Å². The molecule has 0 fully saturated rings. The van der Waals surface area contributed by atoms with Gasteiger partial charge < -0.3 is 4.74 Å². The van der Waals surface area contributed by atoms with Crippen LogP contribution in [0.1, 0.15) is 33.6 Å². The average Bonchev–Trinajstić information content (AvgIpc) is 3.05. The fraction of sp³-hybridized carbons (Fsp3) is 0.150. The first kappa shape index (κ1) is 15.3. The van der Waals surface area contributed by atoms with Gasteiger partial charge in [-0.2, -0.15) is 0 Å². The van der Waals surface area contributed by atoms with Crippen LogP contribution < -0.4 is 5.56 Å². The first-order chi connectivity index (χ1) is 12.2. The maximum absolute atomic E-state index is 12.8. The molecule has 3 aromatic rings. The van der Waals surface area contributed by atoms with Crippen molar-refractivity contribution in [1.82, 2.24) is 9.38 Å². The van der Waals surface area contributed by atoms with Gasteiger partial charge in [-0.25, -0.2) is 9.78 Å². The normalized spacial score (nSPS) is 14.7. The quantitative estimate of drug-likeness (QED) is 0.677. The highest BCUT2D eigenvalue weighted by Gasteiger charge is 2.23. The van der Waals surface area contributed by atoms with E-state index < -0.39 is 5.97 Å². The molecule has 0 radical (unpaired) electrons. The van der Waals surface area contributed by atoms with E-state index in [-0.39, 0.29) is 5.56 Å². The molecule has 1 aliphatic rings. The Morgan fingerprint density at radius 1 is 1.16 bits per heavy atom. The van der Waals surface area contributed by atoms with E-state index in [9.17, 15) is 9.59 Å². The number of methoxy groups -OCH3 is 1. The summed E-state index contributed by atoms with van der Waals surface area (Å²) in [5, 5.41) is 0. The molecule has 0 unspecified atom stereocenters. The summed E-state index contributed by atoms with van der Waals surface area (Å²) >= 11 is 0. The second-order valence-corrected chi connectivity index (χ2v) is 5.96. The van der Waals surface area contributed by atoms with Crippen LogP contribution in [0.5, 0.6) is 0 Å². The first-order valence-electron chi connectivity index (χ1n) is 8.07. The lowest BCUT2D eigenvalue weighted by atomic mass is 10.1. The molecule has 0 spiro atoms. The van der Waals surface area contributed by atoms with Crippen molar-refractivity contribution in [2.75, 3.05) is 7.11 Å². The van der Waals surface area contributed by atoms with E-state index in [0.29, 0.717) is 23.2 Å². The van der Waals surface area contributed by atoms with Crippen LogP contribution in [-0.2, 0) is 11.2 Å². The highest BCUT2D eigenvalue weighted by molar-refractivity contribution is 5.89. The second kappa shape index (κ2) is 6.02. The third-order valence-corrected chi connectivity index (χ3v) is 4.43. The number of allylic oxidation sites excluding steroid dienone is 1.